The van der Waals surface area contributed by atoms with Crippen molar-refractivity contribution in [2.24, 2.45) is 0 Å². The normalized spacial score (nSPS) is 11.6. The van der Waals surface area contributed by atoms with Gasteiger partial charge in [-0.3, -0.25) is 0 Å². The number of ether oxygens (including phenoxy) is 1. The maximum atomic E-state index is 11.7. The Morgan fingerprint density at radius 3 is 2.57 bits per heavy atom. The predicted octanol–water partition coefficient (Wildman–Crippen LogP) is 6.54. The van der Waals surface area contributed by atoms with Crippen LogP contribution in [0, 0.1) is 0 Å². The molecule has 1 N–H and O–H groups in total. The van der Waals surface area contributed by atoms with E-state index in [-0.39, 0.29) is 5.57 Å². The van der Waals surface area contributed by atoms with Crippen LogP contribution in [0.2, 0.25) is 10.0 Å². The van der Waals surface area contributed by atoms with E-state index < -0.39 is 5.97 Å². The van der Waals surface area contributed by atoms with Crippen molar-refractivity contribution in [1.29, 1.82) is 0 Å². The Morgan fingerprint density at radius 2 is 1.83 bits per heavy atom. The second kappa shape index (κ2) is 8.22. The summed E-state index contributed by atoms with van der Waals surface area (Å²) in [5.41, 5.74) is 2.76. The molecule has 150 valence electrons. The molecule has 0 radical (unpaired) electrons. The molecule has 0 amide bonds. The van der Waals surface area contributed by atoms with E-state index in [4.69, 9.17) is 32.5 Å². The quantitative estimate of drug-likeness (QED) is 0.282. The summed E-state index contributed by atoms with van der Waals surface area (Å²) < 4.78 is 10.5. The fraction of sp³-hybridized carbons (Fsp3) is 0.0435. The molecule has 0 fully saturated rings. The van der Waals surface area contributed by atoms with Crippen molar-refractivity contribution in [1.82, 2.24) is 5.16 Å². The number of fused-ring (bicyclic) bond motifs is 1. The summed E-state index contributed by atoms with van der Waals surface area (Å²) in [5.74, 6) is -0.531. The number of halogens is 2. The van der Waals surface area contributed by atoms with E-state index in [0.717, 1.165) is 21.9 Å². The molecule has 0 unspecified atom stereocenters. The van der Waals surface area contributed by atoms with Crippen LogP contribution in [0.3, 0.4) is 0 Å². The monoisotopic (exact) mass is 439 g/mol. The van der Waals surface area contributed by atoms with Crippen molar-refractivity contribution < 1.29 is 19.2 Å². The molecule has 0 aliphatic rings. The van der Waals surface area contributed by atoms with Crippen LogP contribution in [-0.4, -0.2) is 23.3 Å². The first-order valence-electron chi connectivity index (χ1n) is 8.90. The Kier molecular flexibility index (Phi) is 5.48. The molecule has 4 aromatic rings. The van der Waals surface area contributed by atoms with Gasteiger partial charge in [-0.2, -0.15) is 0 Å². The number of aliphatic carboxylic acids is 1. The van der Waals surface area contributed by atoms with Crippen molar-refractivity contribution in [3.05, 3.63) is 82.5 Å². The van der Waals surface area contributed by atoms with E-state index in [0.29, 0.717) is 27.1 Å². The number of hydrogen-bond acceptors (Lipinski definition) is 4. The molecule has 5 nitrogen and oxygen atoms in total. The maximum Gasteiger partial charge on any atom is 0.339 e. The van der Waals surface area contributed by atoms with Gasteiger partial charge in [0.05, 0.1) is 23.4 Å². The number of hydrogen-bond donors (Lipinski definition) is 1. The van der Waals surface area contributed by atoms with Gasteiger partial charge in [-0.1, -0.05) is 64.8 Å². The number of carboxylic acid groups (broad SMARTS) is 1. The third kappa shape index (κ3) is 3.77. The van der Waals surface area contributed by atoms with Crippen LogP contribution in [0.5, 0.6) is 0 Å². The number of rotatable bonds is 5. The second-order valence-electron chi connectivity index (χ2n) is 6.52. The molecule has 3 aromatic carbocycles. The Labute approximate surface area is 182 Å². The molecule has 30 heavy (non-hydrogen) atoms. The number of methoxy groups -OCH3 is 1. The van der Waals surface area contributed by atoms with E-state index in [1.165, 1.54) is 13.4 Å². The molecular formula is C23H15Cl2NO4. The summed E-state index contributed by atoms with van der Waals surface area (Å²) in [6.45, 7) is 0. The first kappa shape index (κ1) is 20.0. The molecule has 0 spiro atoms. The highest BCUT2D eigenvalue weighted by atomic mass is 35.5. The Balaban J connectivity index is 1.80. The molecule has 0 bridgehead atoms. The zero-order chi connectivity index (χ0) is 21.3. The predicted molar refractivity (Wildman–Crippen MR) is 118 cm³/mol. The van der Waals surface area contributed by atoms with Crippen LogP contribution in [0.25, 0.3) is 38.9 Å². The summed E-state index contributed by atoms with van der Waals surface area (Å²) in [5, 5.41) is 16.2. The van der Waals surface area contributed by atoms with Crippen LogP contribution in [-0.2, 0) is 9.53 Å². The standard InChI is InChI=1S/C23H15Cl2NO4/c1-29-12-18(23(27)28)16-4-2-3-13-5-6-15(9-17(13)16)22-11-21(26-30-22)14-7-8-19(24)20(25)10-14/h2-12H,1H3,(H,27,28). The number of aromatic nitrogens is 1. The number of benzene rings is 3. The van der Waals surface area contributed by atoms with Crippen LogP contribution in [0.15, 0.2) is 71.4 Å². The molecular weight excluding hydrogens is 425 g/mol. The topological polar surface area (TPSA) is 72.6 Å². The van der Waals surface area contributed by atoms with Gasteiger partial charge < -0.3 is 14.4 Å². The fourth-order valence-corrected chi connectivity index (χ4v) is 3.51. The van der Waals surface area contributed by atoms with E-state index in [1.807, 2.05) is 30.3 Å². The summed E-state index contributed by atoms with van der Waals surface area (Å²) >= 11 is 12.1. The lowest BCUT2D eigenvalue weighted by Crippen LogP contribution is -2.01. The summed E-state index contributed by atoms with van der Waals surface area (Å²) in [6.07, 6.45) is 1.22. The maximum absolute atomic E-state index is 11.7. The second-order valence-corrected chi connectivity index (χ2v) is 7.33. The zero-order valence-electron chi connectivity index (χ0n) is 15.7. The number of carbonyl (C=O) groups is 1. The number of nitrogens with zero attached hydrogens (tertiary/aromatic N) is 1. The zero-order valence-corrected chi connectivity index (χ0v) is 17.2. The average Bonchev–Trinajstić information content (AvgIpc) is 3.23. The van der Waals surface area contributed by atoms with Gasteiger partial charge in [-0.15, -0.1) is 0 Å². The van der Waals surface area contributed by atoms with Crippen molar-refractivity contribution in [2.45, 2.75) is 0 Å². The molecule has 1 aromatic heterocycles. The largest absolute Gasteiger partial charge is 0.503 e. The van der Waals surface area contributed by atoms with Crippen LogP contribution in [0.1, 0.15) is 5.56 Å². The van der Waals surface area contributed by atoms with E-state index in [1.54, 1.807) is 30.3 Å². The van der Waals surface area contributed by atoms with Gasteiger partial charge in [0.25, 0.3) is 0 Å². The molecule has 0 atom stereocenters. The van der Waals surface area contributed by atoms with Crippen molar-refractivity contribution in [2.75, 3.05) is 7.11 Å². The molecule has 0 aliphatic carbocycles. The molecule has 4 rings (SSSR count). The van der Waals surface area contributed by atoms with Crippen molar-refractivity contribution in [3.63, 3.8) is 0 Å². The smallest absolute Gasteiger partial charge is 0.339 e. The summed E-state index contributed by atoms with van der Waals surface area (Å²) in [7, 11) is 1.42. The highest BCUT2D eigenvalue weighted by molar-refractivity contribution is 6.42. The highest BCUT2D eigenvalue weighted by Gasteiger charge is 2.16. The van der Waals surface area contributed by atoms with Gasteiger partial charge in [-0.25, -0.2) is 4.79 Å². The number of carboxylic acids is 1. The van der Waals surface area contributed by atoms with Crippen molar-refractivity contribution >= 4 is 45.5 Å². The van der Waals surface area contributed by atoms with Crippen molar-refractivity contribution in [3.8, 4) is 22.6 Å². The molecule has 0 saturated carbocycles. The van der Waals surface area contributed by atoms with E-state index in [2.05, 4.69) is 5.16 Å². The molecule has 0 aliphatic heterocycles. The third-order valence-corrected chi connectivity index (χ3v) is 5.39. The third-order valence-electron chi connectivity index (χ3n) is 4.65. The van der Waals surface area contributed by atoms with E-state index in [9.17, 15) is 9.90 Å². The minimum atomic E-state index is -1.07. The Morgan fingerprint density at radius 1 is 1.03 bits per heavy atom. The highest BCUT2D eigenvalue weighted by Crippen LogP contribution is 2.33. The molecule has 0 saturated heterocycles. The van der Waals surface area contributed by atoms with Gasteiger partial charge in [0.15, 0.2) is 5.76 Å². The van der Waals surface area contributed by atoms with Gasteiger partial charge >= 0.3 is 5.97 Å². The van der Waals surface area contributed by atoms with Gasteiger partial charge in [0.2, 0.25) is 0 Å². The minimum absolute atomic E-state index is 0.0642. The van der Waals surface area contributed by atoms with E-state index >= 15 is 0 Å². The fourth-order valence-electron chi connectivity index (χ4n) is 3.21. The van der Waals surface area contributed by atoms with Crippen LogP contribution >= 0.6 is 23.2 Å². The van der Waals surface area contributed by atoms with Crippen LogP contribution < -0.4 is 0 Å². The molecule has 1 heterocycles. The summed E-state index contributed by atoms with van der Waals surface area (Å²) in [4.78, 5) is 11.7. The lowest BCUT2D eigenvalue weighted by molar-refractivity contribution is -0.130. The van der Waals surface area contributed by atoms with Gasteiger partial charge in [0.1, 0.15) is 11.3 Å². The van der Waals surface area contributed by atoms with Gasteiger partial charge in [-0.05, 0) is 34.5 Å². The minimum Gasteiger partial charge on any atom is -0.503 e. The Hall–Kier alpha value is -3.28. The van der Waals surface area contributed by atoms with Gasteiger partial charge in [0, 0.05) is 17.2 Å². The summed E-state index contributed by atoms with van der Waals surface area (Å²) in [6, 6.07) is 18.2. The first-order chi connectivity index (χ1) is 14.5. The molecule has 7 heteroatoms. The average molecular weight is 440 g/mol. The SMILES string of the molecule is COC=C(C(=O)O)c1cccc2ccc(-c3cc(-c4ccc(Cl)c(Cl)c4)no3)cc12. The lowest BCUT2D eigenvalue weighted by Gasteiger charge is -2.08. The first-order valence-corrected chi connectivity index (χ1v) is 9.65. The lowest BCUT2D eigenvalue weighted by atomic mass is 9.96. The Bertz CT molecular complexity index is 1290. The van der Waals surface area contributed by atoms with Crippen LogP contribution in [0.4, 0.5) is 0 Å².